The molecule has 1 aliphatic heterocycles. The quantitative estimate of drug-likeness (QED) is 0.833. The molecule has 22 heavy (non-hydrogen) atoms. The zero-order valence-electron chi connectivity index (χ0n) is 12.4. The van der Waals surface area contributed by atoms with E-state index in [9.17, 15) is 17.6 Å². The van der Waals surface area contributed by atoms with Crippen molar-refractivity contribution in [1.29, 1.82) is 0 Å². The highest BCUT2D eigenvalue weighted by Gasteiger charge is 2.36. The zero-order valence-corrected chi connectivity index (χ0v) is 13.2. The number of alkyl halides is 3. The molecule has 0 saturated carbocycles. The molecule has 0 unspecified atom stereocenters. The van der Waals surface area contributed by atoms with Crippen molar-refractivity contribution >= 4 is 12.4 Å². The predicted molar refractivity (Wildman–Crippen MR) is 80.7 cm³/mol. The molecule has 1 heterocycles. The van der Waals surface area contributed by atoms with E-state index in [1.54, 1.807) is 0 Å². The SMILES string of the molecule is CCC[C@@H](c1cc(F)ccc1C(F)(F)F)N1CCNCC1.Cl. The molecule has 1 saturated heterocycles. The van der Waals surface area contributed by atoms with Gasteiger partial charge < -0.3 is 5.32 Å². The van der Waals surface area contributed by atoms with Gasteiger partial charge in [-0.25, -0.2) is 4.39 Å². The summed E-state index contributed by atoms with van der Waals surface area (Å²) >= 11 is 0. The van der Waals surface area contributed by atoms with E-state index in [2.05, 4.69) is 5.32 Å². The van der Waals surface area contributed by atoms with Crippen LogP contribution in [0.3, 0.4) is 0 Å². The minimum Gasteiger partial charge on any atom is -0.314 e. The lowest BCUT2D eigenvalue weighted by Gasteiger charge is -2.36. The second-order valence-corrected chi connectivity index (χ2v) is 5.32. The minimum absolute atomic E-state index is 0. The Balaban J connectivity index is 0.00000242. The molecule has 1 fully saturated rings. The number of hydrogen-bond donors (Lipinski definition) is 1. The van der Waals surface area contributed by atoms with Gasteiger partial charge in [-0.2, -0.15) is 13.2 Å². The van der Waals surface area contributed by atoms with Crippen molar-refractivity contribution in [2.45, 2.75) is 32.0 Å². The van der Waals surface area contributed by atoms with Crippen LogP contribution in [0.2, 0.25) is 0 Å². The Bertz CT molecular complexity index is 473. The first kappa shape index (κ1) is 19.2. The molecule has 0 aromatic heterocycles. The molecule has 1 aliphatic rings. The van der Waals surface area contributed by atoms with Gasteiger partial charge >= 0.3 is 6.18 Å². The second-order valence-electron chi connectivity index (χ2n) is 5.32. The van der Waals surface area contributed by atoms with E-state index in [-0.39, 0.29) is 24.0 Å². The molecule has 0 radical (unpaired) electrons. The van der Waals surface area contributed by atoms with Gasteiger partial charge in [-0.3, -0.25) is 4.90 Å². The Kier molecular flexibility index (Phi) is 7.09. The Morgan fingerprint density at radius 3 is 2.41 bits per heavy atom. The third-order valence-electron chi connectivity index (χ3n) is 3.83. The smallest absolute Gasteiger partial charge is 0.314 e. The molecule has 2 nitrogen and oxygen atoms in total. The van der Waals surface area contributed by atoms with E-state index in [1.807, 2.05) is 11.8 Å². The van der Waals surface area contributed by atoms with E-state index in [0.29, 0.717) is 19.5 Å². The summed E-state index contributed by atoms with van der Waals surface area (Å²) in [6, 6.07) is 2.40. The van der Waals surface area contributed by atoms with Crippen LogP contribution in [0.5, 0.6) is 0 Å². The van der Waals surface area contributed by atoms with Crippen molar-refractivity contribution in [3.63, 3.8) is 0 Å². The van der Waals surface area contributed by atoms with Crippen LogP contribution < -0.4 is 5.32 Å². The van der Waals surface area contributed by atoms with Crippen molar-refractivity contribution in [2.24, 2.45) is 0 Å². The van der Waals surface area contributed by atoms with Crippen LogP contribution in [-0.2, 0) is 6.18 Å². The monoisotopic (exact) mass is 340 g/mol. The highest BCUT2D eigenvalue weighted by atomic mass is 35.5. The molecular formula is C15H21ClF4N2. The van der Waals surface area contributed by atoms with E-state index < -0.39 is 17.6 Å². The molecule has 1 aromatic carbocycles. The van der Waals surface area contributed by atoms with Gasteiger partial charge in [-0.05, 0) is 30.2 Å². The van der Waals surface area contributed by atoms with Crippen LogP contribution in [0.1, 0.15) is 36.9 Å². The number of halogens is 5. The average molecular weight is 341 g/mol. The summed E-state index contributed by atoms with van der Waals surface area (Å²) in [6.07, 6.45) is -3.11. The number of benzene rings is 1. The van der Waals surface area contributed by atoms with Crippen LogP contribution >= 0.6 is 12.4 Å². The van der Waals surface area contributed by atoms with Gasteiger partial charge in [-0.1, -0.05) is 13.3 Å². The first-order valence-corrected chi connectivity index (χ1v) is 7.25. The van der Waals surface area contributed by atoms with E-state index in [1.165, 1.54) is 0 Å². The molecule has 0 amide bonds. The standard InChI is InChI=1S/C15H20F4N2.ClH/c1-2-3-14(21-8-6-20-7-9-21)12-10-11(16)4-5-13(12)15(17,18)19;/h4-5,10,14,20H,2-3,6-9H2,1H3;1H/t14-;/m0./s1. The van der Waals surface area contributed by atoms with E-state index in [0.717, 1.165) is 37.7 Å². The van der Waals surface area contributed by atoms with Crippen LogP contribution in [0.4, 0.5) is 17.6 Å². The molecular weight excluding hydrogens is 320 g/mol. The molecule has 7 heteroatoms. The van der Waals surface area contributed by atoms with Crippen LogP contribution in [0.15, 0.2) is 18.2 Å². The third kappa shape index (κ3) is 4.57. The summed E-state index contributed by atoms with van der Waals surface area (Å²) in [5.74, 6) is -0.616. The van der Waals surface area contributed by atoms with Crippen LogP contribution in [-0.4, -0.2) is 31.1 Å². The fourth-order valence-electron chi connectivity index (χ4n) is 2.87. The Hall–Kier alpha value is -0.850. The maximum absolute atomic E-state index is 13.5. The minimum atomic E-state index is -4.46. The summed E-state index contributed by atoms with van der Waals surface area (Å²) in [6.45, 7) is 4.78. The van der Waals surface area contributed by atoms with Crippen molar-refractivity contribution in [1.82, 2.24) is 10.2 Å². The van der Waals surface area contributed by atoms with Crippen LogP contribution in [0.25, 0.3) is 0 Å². The normalized spacial score (nSPS) is 17.9. The lowest BCUT2D eigenvalue weighted by atomic mass is 9.94. The Morgan fingerprint density at radius 2 is 1.86 bits per heavy atom. The van der Waals surface area contributed by atoms with Gasteiger partial charge in [0.2, 0.25) is 0 Å². The third-order valence-corrected chi connectivity index (χ3v) is 3.83. The van der Waals surface area contributed by atoms with Gasteiger partial charge in [0.15, 0.2) is 0 Å². The van der Waals surface area contributed by atoms with E-state index >= 15 is 0 Å². The molecule has 0 bridgehead atoms. The summed E-state index contributed by atoms with van der Waals surface area (Å²) in [7, 11) is 0. The second kappa shape index (κ2) is 8.13. The highest BCUT2D eigenvalue weighted by molar-refractivity contribution is 5.85. The topological polar surface area (TPSA) is 15.3 Å². The lowest BCUT2D eigenvalue weighted by Crippen LogP contribution is -2.45. The van der Waals surface area contributed by atoms with Gasteiger partial charge in [0.25, 0.3) is 0 Å². The Labute approximate surface area is 134 Å². The highest BCUT2D eigenvalue weighted by Crippen LogP contribution is 2.38. The van der Waals surface area contributed by atoms with Crippen molar-refractivity contribution in [3.8, 4) is 0 Å². The molecule has 1 atom stereocenters. The van der Waals surface area contributed by atoms with Gasteiger partial charge in [0.1, 0.15) is 5.82 Å². The summed E-state index contributed by atoms with van der Waals surface area (Å²) < 4.78 is 53.1. The summed E-state index contributed by atoms with van der Waals surface area (Å²) in [5.41, 5.74) is -0.660. The lowest BCUT2D eigenvalue weighted by molar-refractivity contribution is -0.138. The number of nitrogens with one attached hydrogen (secondary N) is 1. The number of rotatable bonds is 4. The maximum Gasteiger partial charge on any atom is 0.416 e. The zero-order chi connectivity index (χ0) is 15.5. The van der Waals surface area contributed by atoms with Gasteiger partial charge in [-0.15, -0.1) is 12.4 Å². The van der Waals surface area contributed by atoms with Crippen molar-refractivity contribution < 1.29 is 17.6 Å². The molecule has 1 N–H and O–H groups in total. The molecule has 2 rings (SSSR count). The Morgan fingerprint density at radius 1 is 1.23 bits per heavy atom. The summed E-state index contributed by atoms with van der Waals surface area (Å²) in [4.78, 5) is 2.02. The fourth-order valence-corrected chi connectivity index (χ4v) is 2.87. The molecule has 0 aliphatic carbocycles. The average Bonchev–Trinajstić information content (AvgIpc) is 2.44. The largest absolute Gasteiger partial charge is 0.416 e. The van der Waals surface area contributed by atoms with Gasteiger partial charge in [0.05, 0.1) is 5.56 Å². The maximum atomic E-state index is 13.5. The molecule has 0 spiro atoms. The fraction of sp³-hybridized carbons (Fsp3) is 0.600. The summed E-state index contributed by atoms with van der Waals surface area (Å²) in [5, 5.41) is 3.18. The number of nitrogens with zero attached hydrogens (tertiary/aromatic N) is 1. The molecule has 1 aromatic rings. The van der Waals surface area contributed by atoms with Gasteiger partial charge in [0, 0.05) is 32.2 Å². The predicted octanol–water partition coefficient (Wildman–Crippen LogP) is 4.01. The van der Waals surface area contributed by atoms with Crippen LogP contribution in [0, 0.1) is 5.82 Å². The number of piperazine rings is 1. The van der Waals surface area contributed by atoms with Crippen molar-refractivity contribution in [2.75, 3.05) is 26.2 Å². The number of hydrogen-bond acceptors (Lipinski definition) is 2. The van der Waals surface area contributed by atoms with E-state index in [4.69, 9.17) is 0 Å². The van der Waals surface area contributed by atoms with Crippen molar-refractivity contribution in [3.05, 3.63) is 35.1 Å². The first-order chi connectivity index (χ1) is 9.93. The molecule has 126 valence electrons. The first-order valence-electron chi connectivity index (χ1n) is 7.25.